The first-order valence-corrected chi connectivity index (χ1v) is 8.32. The lowest BCUT2D eigenvalue weighted by Crippen LogP contribution is -1.88. The van der Waals surface area contributed by atoms with E-state index in [4.69, 9.17) is 15.8 Å². The van der Waals surface area contributed by atoms with Crippen LogP contribution in [0.1, 0.15) is 0 Å². The smallest absolute Gasteiger partial charge is 0.401 e. The van der Waals surface area contributed by atoms with E-state index in [0.717, 1.165) is 11.4 Å². The second-order valence-electron chi connectivity index (χ2n) is 2.71. The van der Waals surface area contributed by atoms with Crippen molar-refractivity contribution in [3.8, 4) is 5.88 Å². The highest BCUT2D eigenvalue weighted by atomic mass is 35.7. The summed E-state index contributed by atoms with van der Waals surface area (Å²) in [6.45, 7) is 0. The summed E-state index contributed by atoms with van der Waals surface area (Å²) in [5.41, 5.74) is 0. The molecule has 0 spiro atoms. The van der Waals surface area contributed by atoms with Gasteiger partial charge in [-0.05, 0) is 17.3 Å². The van der Waals surface area contributed by atoms with Crippen LogP contribution < -0.4 is 4.52 Å². The van der Waals surface area contributed by atoms with E-state index in [2.05, 4.69) is 19.9 Å². The normalized spacial score (nSPS) is 13.9. The lowest BCUT2D eigenvalue weighted by atomic mass is 10.6. The molecule has 0 fully saturated rings. The third kappa shape index (κ3) is 3.96. The van der Waals surface area contributed by atoms with Gasteiger partial charge in [0, 0.05) is 29.8 Å². The Kier molecular flexibility index (Phi) is 3.93. The zero-order chi connectivity index (χ0) is 12.1. The summed E-state index contributed by atoms with van der Waals surface area (Å²) >= 11 is 6.61. The Hall–Kier alpha value is -1.17. The van der Waals surface area contributed by atoms with Gasteiger partial charge in [0.25, 0.3) is 0 Å². The molecule has 0 saturated carbocycles. The fraction of sp³-hybridized carbons (Fsp3) is 0. The predicted molar refractivity (Wildman–Crippen MR) is 64.0 cm³/mol. The molecule has 0 saturated heterocycles. The lowest BCUT2D eigenvalue weighted by Gasteiger charge is -2.09. The molecule has 0 bridgehead atoms. The van der Waals surface area contributed by atoms with Gasteiger partial charge in [-0.3, -0.25) is 0 Å². The van der Waals surface area contributed by atoms with E-state index < -0.39 is 5.92 Å². The number of nitrogens with zero attached hydrogens (tertiary/aromatic N) is 4. The molecular weight excluding hydrogens is 283 g/mol. The molecule has 2 rings (SSSR count). The second-order valence-corrected chi connectivity index (χ2v) is 8.28. The van der Waals surface area contributed by atoms with Gasteiger partial charge in [0.2, 0.25) is 5.88 Å². The van der Waals surface area contributed by atoms with Crippen LogP contribution in [0, 0.1) is 0 Å². The molecule has 0 aliphatic carbocycles. The van der Waals surface area contributed by atoms with E-state index in [-0.39, 0.29) is 5.88 Å². The fourth-order valence-corrected chi connectivity index (χ4v) is 3.90. The van der Waals surface area contributed by atoms with Crippen molar-refractivity contribution in [3.05, 3.63) is 37.2 Å². The average molecular weight is 289 g/mol. The second kappa shape index (κ2) is 5.44. The van der Waals surface area contributed by atoms with Crippen molar-refractivity contribution in [1.82, 2.24) is 19.9 Å². The third-order valence-corrected chi connectivity index (χ3v) is 4.83. The van der Waals surface area contributed by atoms with E-state index in [1.807, 2.05) is 0 Å². The van der Waals surface area contributed by atoms with Crippen molar-refractivity contribution < 1.29 is 9.09 Å². The minimum atomic E-state index is -3.43. The Bertz CT molecular complexity index is 484. The van der Waals surface area contributed by atoms with Gasteiger partial charge in [0.15, 0.2) is 0 Å². The summed E-state index contributed by atoms with van der Waals surface area (Å²) in [4.78, 5) is 15.1. The monoisotopic (exact) mass is 288 g/mol. The maximum Gasteiger partial charge on any atom is 0.401 e. The summed E-state index contributed by atoms with van der Waals surface area (Å²) in [7, 11) is 0. The van der Waals surface area contributed by atoms with Crippen molar-refractivity contribution in [2.75, 3.05) is 0 Å². The molecule has 0 aromatic carbocycles. The highest BCUT2D eigenvalue weighted by Crippen LogP contribution is 2.65. The first-order valence-electron chi connectivity index (χ1n) is 4.37. The van der Waals surface area contributed by atoms with Gasteiger partial charge in [0.05, 0.1) is 0 Å². The average Bonchev–Trinajstić information content (AvgIpc) is 2.30. The molecule has 0 N–H and O–H groups in total. The SMILES string of the molecule is O=P(Cl)(Oc1ccncn1)Sc1ccncn1. The zero-order valence-corrected chi connectivity index (χ0v) is 10.8. The molecular formula is C8H6ClN4O2PS. The quantitative estimate of drug-likeness (QED) is 0.632. The van der Waals surface area contributed by atoms with Crippen LogP contribution in [0.25, 0.3) is 0 Å². The topological polar surface area (TPSA) is 77.9 Å². The van der Waals surface area contributed by atoms with Crippen molar-refractivity contribution in [2.24, 2.45) is 0 Å². The predicted octanol–water partition coefficient (Wildman–Crippen LogP) is 2.78. The maximum absolute atomic E-state index is 11.9. The molecule has 0 amide bonds. The fourth-order valence-electron chi connectivity index (χ4n) is 0.907. The van der Waals surface area contributed by atoms with E-state index in [1.165, 1.54) is 31.1 Å². The molecule has 1 unspecified atom stereocenters. The van der Waals surface area contributed by atoms with Crippen LogP contribution in [-0.2, 0) is 4.57 Å². The molecule has 2 aromatic rings. The molecule has 88 valence electrons. The van der Waals surface area contributed by atoms with E-state index in [1.54, 1.807) is 6.07 Å². The van der Waals surface area contributed by atoms with Crippen molar-refractivity contribution in [2.45, 2.75) is 5.03 Å². The van der Waals surface area contributed by atoms with E-state index in [0.29, 0.717) is 5.03 Å². The molecule has 17 heavy (non-hydrogen) atoms. The van der Waals surface area contributed by atoms with Gasteiger partial charge in [-0.25, -0.2) is 24.5 Å². The zero-order valence-electron chi connectivity index (χ0n) is 8.30. The van der Waals surface area contributed by atoms with Crippen molar-refractivity contribution in [1.29, 1.82) is 0 Å². The van der Waals surface area contributed by atoms with Crippen LogP contribution in [-0.4, -0.2) is 19.9 Å². The largest absolute Gasteiger partial charge is 0.407 e. The molecule has 9 heteroatoms. The molecule has 6 nitrogen and oxygen atoms in total. The Balaban J connectivity index is 2.07. The van der Waals surface area contributed by atoms with Crippen LogP contribution in [0.2, 0.25) is 0 Å². The van der Waals surface area contributed by atoms with Gasteiger partial charge in [-0.1, -0.05) is 0 Å². The van der Waals surface area contributed by atoms with Crippen molar-refractivity contribution >= 4 is 28.5 Å². The maximum atomic E-state index is 11.9. The van der Waals surface area contributed by atoms with Crippen LogP contribution in [0.15, 0.2) is 42.2 Å². The lowest BCUT2D eigenvalue weighted by molar-refractivity contribution is 0.503. The Labute approximate surface area is 106 Å². The highest BCUT2D eigenvalue weighted by Gasteiger charge is 2.24. The van der Waals surface area contributed by atoms with Gasteiger partial charge >= 0.3 is 5.92 Å². The van der Waals surface area contributed by atoms with Crippen LogP contribution >= 0.6 is 28.5 Å². The molecule has 0 aliphatic rings. The number of halogens is 1. The van der Waals surface area contributed by atoms with Crippen LogP contribution in [0.4, 0.5) is 0 Å². The number of hydrogen-bond donors (Lipinski definition) is 0. The van der Waals surface area contributed by atoms with Gasteiger partial charge in [-0.15, -0.1) is 0 Å². The van der Waals surface area contributed by atoms with Crippen LogP contribution in [0.3, 0.4) is 0 Å². The minimum absolute atomic E-state index is 0.153. The summed E-state index contributed by atoms with van der Waals surface area (Å²) in [5, 5.41) is 0.465. The molecule has 0 radical (unpaired) electrons. The molecule has 0 aliphatic heterocycles. The van der Waals surface area contributed by atoms with E-state index >= 15 is 0 Å². The first-order chi connectivity index (χ1) is 8.16. The summed E-state index contributed by atoms with van der Waals surface area (Å²) in [6.07, 6.45) is 5.61. The van der Waals surface area contributed by atoms with Crippen molar-refractivity contribution in [3.63, 3.8) is 0 Å². The Morgan fingerprint density at radius 3 is 2.47 bits per heavy atom. The number of hydrogen-bond acceptors (Lipinski definition) is 7. The Morgan fingerprint density at radius 2 is 1.88 bits per heavy atom. The highest BCUT2D eigenvalue weighted by molar-refractivity contribution is 8.63. The standard InChI is InChI=1S/C8H6ClN4O2PS/c9-16(14,15-7-1-3-10-5-12-7)17-8-2-4-11-6-13-8/h1-6H. The van der Waals surface area contributed by atoms with E-state index in [9.17, 15) is 4.57 Å². The summed E-state index contributed by atoms with van der Waals surface area (Å²) < 4.78 is 17.0. The molecule has 1 atom stereocenters. The van der Waals surface area contributed by atoms with Gasteiger partial charge < -0.3 is 4.52 Å². The van der Waals surface area contributed by atoms with Gasteiger partial charge in [0.1, 0.15) is 17.7 Å². The van der Waals surface area contributed by atoms with Crippen LogP contribution in [0.5, 0.6) is 5.88 Å². The molecule has 2 heterocycles. The van der Waals surface area contributed by atoms with Gasteiger partial charge in [-0.2, -0.15) is 0 Å². The summed E-state index contributed by atoms with van der Waals surface area (Å²) in [6, 6.07) is 3.05. The Morgan fingerprint density at radius 1 is 1.18 bits per heavy atom. The summed E-state index contributed by atoms with van der Waals surface area (Å²) in [5.74, 6) is -3.28. The third-order valence-electron chi connectivity index (χ3n) is 1.51. The number of rotatable bonds is 4. The minimum Gasteiger partial charge on any atom is -0.407 e. The molecule has 2 aromatic heterocycles. The number of aromatic nitrogens is 4. The first kappa shape index (κ1) is 12.3.